The van der Waals surface area contributed by atoms with Gasteiger partial charge in [-0.25, -0.2) is 0 Å². The molecule has 92 valence electrons. The van der Waals surface area contributed by atoms with Crippen molar-refractivity contribution in [1.82, 2.24) is 5.32 Å². The van der Waals surface area contributed by atoms with Crippen LogP contribution in [0.5, 0.6) is 0 Å². The van der Waals surface area contributed by atoms with E-state index in [-0.39, 0.29) is 17.4 Å². The van der Waals surface area contributed by atoms with Gasteiger partial charge in [-0.05, 0) is 25.3 Å². The minimum absolute atomic E-state index is 0.0488. The Bertz CT molecular complexity index is 379. The smallest absolute Gasteiger partial charge is 0.227 e. The van der Waals surface area contributed by atoms with Crippen LogP contribution >= 0.6 is 0 Å². The number of nitrogens with one attached hydrogen (secondary N) is 1. The second-order valence-electron chi connectivity index (χ2n) is 4.94. The monoisotopic (exact) mass is 232 g/mol. The molecule has 3 N–H and O–H groups in total. The highest BCUT2D eigenvalue weighted by atomic mass is 16.2. The van der Waals surface area contributed by atoms with E-state index in [0.29, 0.717) is 6.54 Å². The summed E-state index contributed by atoms with van der Waals surface area (Å²) in [6.07, 6.45) is 2.97. The van der Waals surface area contributed by atoms with Crippen LogP contribution < -0.4 is 11.1 Å². The normalized spacial score (nSPS) is 19.2. The molecule has 0 saturated heterocycles. The molecule has 1 aliphatic rings. The molecule has 1 amide bonds. The van der Waals surface area contributed by atoms with Crippen molar-refractivity contribution in [2.45, 2.75) is 32.2 Å². The van der Waals surface area contributed by atoms with Gasteiger partial charge in [0.2, 0.25) is 5.91 Å². The molecule has 3 nitrogen and oxygen atoms in total. The average molecular weight is 232 g/mol. The second kappa shape index (κ2) is 4.88. The first-order valence-corrected chi connectivity index (χ1v) is 6.24. The topological polar surface area (TPSA) is 55.1 Å². The first-order valence-electron chi connectivity index (χ1n) is 6.24. The Hall–Kier alpha value is -1.35. The van der Waals surface area contributed by atoms with Crippen LogP contribution in [-0.4, -0.2) is 12.5 Å². The lowest BCUT2D eigenvalue weighted by atomic mass is 9.68. The number of amides is 1. The third kappa shape index (κ3) is 2.34. The zero-order valence-corrected chi connectivity index (χ0v) is 10.3. The van der Waals surface area contributed by atoms with E-state index in [1.165, 1.54) is 0 Å². The van der Waals surface area contributed by atoms with Crippen LogP contribution in [0.1, 0.15) is 37.8 Å². The zero-order chi connectivity index (χ0) is 12.3. The Morgan fingerprint density at radius 3 is 2.53 bits per heavy atom. The van der Waals surface area contributed by atoms with Crippen LogP contribution in [-0.2, 0) is 4.79 Å². The Labute approximate surface area is 102 Å². The van der Waals surface area contributed by atoms with Crippen LogP contribution in [0.3, 0.4) is 0 Å². The van der Waals surface area contributed by atoms with Gasteiger partial charge < -0.3 is 11.1 Å². The van der Waals surface area contributed by atoms with Crippen molar-refractivity contribution in [3.8, 4) is 0 Å². The van der Waals surface area contributed by atoms with E-state index >= 15 is 0 Å². The number of hydrogen-bond donors (Lipinski definition) is 2. The molecule has 3 heteroatoms. The van der Waals surface area contributed by atoms with Crippen LogP contribution in [0.15, 0.2) is 30.3 Å². The van der Waals surface area contributed by atoms with Crippen molar-refractivity contribution >= 4 is 5.91 Å². The summed E-state index contributed by atoms with van der Waals surface area (Å²) < 4.78 is 0. The van der Waals surface area contributed by atoms with E-state index in [9.17, 15) is 4.79 Å². The molecule has 1 aliphatic carbocycles. The highest BCUT2D eigenvalue weighted by molar-refractivity contribution is 5.84. The van der Waals surface area contributed by atoms with Crippen LogP contribution in [0, 0.1) is 5.41 Å². The summed E-state index contributed by atoms with van der Waals surface area (Å²) in [4.78, 5) is 12.2. The molecule has 1 fully saturated rings. The number of benzene rings is 1. The quantitative estimate of drug-likeness (QED) is 0.834. The first kappa shape index (κ1) is 12.1. The van der Waals surface area contributed by atoms with E-state index in [4.69, 9.17) is 5.73 Å². The summed E-state index contributed by atoms with van der Waals surface area (Å²) in [6, 6.07) is 10.1. The van der Waals surface area contributed by atoms with E-state index < -0.39 is 0 Å². The maximum absolute atomic E-state index is 12.2. The molecule has 0 radical (unpaired) electrons. The number of nitrogens with two attached hydrogens (primary N) is 1. The Balaban J connectivity index is 1.99. The molecular formula is C14H20N2O. The molecule has 0 aromatic heterocycles. The number of carbonyl (C=O) groups is 1. The van der Waals surface area contributed by atoms with Gasteiger partial charge in [0.25, 0.3) is 0 Å². The van der Waals surface area contributed by atoms with Gasteiger partial charge >= 0.3 is 0 Å². The highest BCUT2D eigenvalue weighted by Crippen LogP contribution is 2.40. The molecule has 1 aromatic rings. The standard InChI is InChI=1S/C14H20N2O/c1-11(12-6-3-2-4-7-12)16-13(17)14(10-15)8-5-9-14/h2-4,6-7,11H,5,8-10,15H2,1H3,(H,16,17)/t11-/m0/s1. The van der Waals surface area contributed by atoms with E-state index in [0.717, 1.165) is 24.8 Å². The predicted octanol–water partition coefficient (Wildman–Crippen LogP) is 1.99. The van der Waals surface area contributed by atoms with Crippen molar-refractivity contribution in [3.63, 3.8) is 0 Å². The lowest BCUT2D eigenvalue weighted by Crippen LogP contribution is -2.50. The molecule has 0 heterocycles. The average Bonchev–Trinajstić information content (AvgIpc) is 2.29. The van der Waals surface area contributed by atoms with E-state index in [1.54, 1.807) is 0 Å². The molecule has 1 aromatic carbocycles. The fraction of sp³-hybridized carbons (Fsp3) is 0.500. The molecule has 1 saturated carbocycles. The second-order valence-corrected chi connectivity index (χ2v) is 4.94. The zero-order valence-electron chi connectivity index (χ0n) is 10.3. The lowest BCUT2D eigenvalue weighted by molar-refractivity contribution is -0.135. The van der Waals surface area contributed by atoms with Gasteiger partial charge in [0.1, 0.15) is 0 Å². The number of rotatable bonds is 4. The van der Waals surface area contributed by atoms with Gasteiger partial charge in [0, 0.05) is 6.54 Å². The summed E-state index contributed by atoms with van der Waals surface area (Å²) in [5.41, 5.74) is 6.57. The molecule has 2 rings (SSSR count). The highest BCUT2D eigenvalue weighted by Gasteiger charge is 2.43. The summed E-state index contributed by atoms with van der Waals surface area (Å²) >= 11 is 0. The summed E-state index contributed by atoms with van der Waals surface area (Å²) in [5.74, 6) is 0.114. The van der Waals surface area contributed by atoms with Crippen LogP contribution in [0.4, 0.5) is 0 Å². The Morgan fingerprint density at radius 1 is 1.41 bits per heavy atom. The molecule has 1 atom stereocenters. The van der Waals surface area contributed by atoms with Crippen molar-refractivity contribution < 1.29 is 4.79 Å². The largest absolute Gasteiger partial charge is 0.349 e. The van der Waals surface area contributed by atoms with Crippen molar-refractivity contribution in [1.29, 1.82) is 0 Å². The molecular weight excluding hydrogens is 212 g/mol. The van der Waals surface area contributed by atoms with Crippen molar-refractivity contribution in [3.05, 3.63) is 35.9 Å². The van der Waals surface area contributed by atoms with Gasteiger partial charge in [-0.1, -0.05) is 36.8 Å². The molecule has 0 aliphatic heterocycles. The minimum Gasteiger partial charge on any atom is -0.349 e. The van der Waals surface area contributed by atoms with Gasteiger partial charge in [-0.2, -0.15) is 0 Å². The number of hydrogen-bond acceptors (Lipinski definition) is 2. The first-order chi connectivity index (χ1) is 8.18. The molecule has 17 heavy (non-hydrogen) atoms. The molecule has 0 unspecified atom stereocenters. The Morgan fingerprint density at radius 2 is 2.06 bits per heavy atom. The minimum atomic E-state index is -0.289. The molecule has 0 spiro atoms. The van der Waals surface area contributed by atoms with Crippen molar-refractivity contribution in [2.24, 2.45) is 11.1 Å². The van der Waals surface area contributed by atoms with Crippen LogP contribution in [0.25, 0.3) is 0 Å². The molecule has 0 bridgehead atoms. The van der Waals surface area contributed by atoms with Gasteiger partial charge in [-0.15, -0.1) is 0 Å². The lowest BCUT2D eigenvalue weighted by Gasteiger charge is -2.39. The maximum atomic E-state index is 12.2. The SMILES string of the molecule is C[C@H](NC(=O)C1(CN)CCC1)c1ccccc1. The van der Waals surface area contributed by atoms with Crippen molar-refractivity contribution in [2.75, 3.05) is 6.54 Å². The predicted molar refractivity (Wildman–Crippen MR) is 68.3 cm³/mol. The third-order valence-corrected chi connectivity index (χ3v) is 3.83. The van der Waals surface area contributed by atoms with E-state index in [2.05, 4.69) is 5.32 Å². The number of carbonyl (C=O) groups excluding carboxylic acids is 1. The summed E-state index contributed by atoms with van der Waals surface area (Å²) in [5, 5.41) is 3.07. The third-order valence-electron chi connectivity index (χ3n) is 3.83. The van der Waals surface area contributed by atoms with Gasteiger partial charge in [-0.3, -0.25) is 4.79 Å². The maximum Gasteiger partial charge on any atom is 0.227 e. The summed E-state index contributed by atoms with van der Waals surface area (Å²) in [6.45, 7) is 2.47. The fourth-order valence-electron chi connectivity index (χ4n) is 2.30. The van der Waals surface area contributed by atoms with Crippen LogP contribution in [0.2, 0.25) is 0 Å². The fourth-order valence-corrected chi connectivity index (χ4v) is 2.30. The van der Waals surface area contributed by atoms with Gasteiger partial charge in [0.15, 0.2) is 0 Å². The van der Waals surface area contributed by atoms with E-state index in [1.807, 2.05) is 37.3 Å². The Kier molecular flexibility index (Phi) is 3.48. The van der Waals surface area contributed by atoms with Gasteiger partial charge in [0.05, 0.1) is 11.5 Å². The summed E-state index contributed by atoms with van der Waals surface area (Å²) in [7, 11) is 0.